The lowest BCUT2D eigenvalue weighted by atomic mass is 9.85. The second-order valence-electron chi connectivity index (χ2n) is 6.99. The molecule has 1 N–H and O–H groups in total. The van der Waals surface area contributed by atoms with Gasteiger partial charge >= 0.3 is 0 Å². The van der Waals surface area contributed by atoms with Crippen LogP contribution in [0.4, 0.5) is 11.5 Å². The number of rotatable bonds is 3. The van der Waals surface area contributed by atoms with Crippen LogP contribution in [0, 0.1) is 5.92 Å². The lowest BCUT2D eigenvalue weighted by molar-refractivity contribution is -0.118. The lowest BCUT2D eigenvalue weighted by Crippen LogP contribution is -2.36. The summed E-state index contributed by atoms with van der Waals surface area (Å²) in [6, 6.07) is 6.02. The number of nitrogens with zero attached hydrogens (tertiary/aromatic N) is 6. The van der Waals surface area contributed by atoms with Gasteiger partial charge in [-0.05, 0) is 30.5 Å². The van der Waals surface area contributed by atoms with Crippen LogP contribution in [0.3, 0.4) is 0 Å². The van der Waals surface area contributed by atoms with E-state index in [9.17, 15) is 4.79 Å². The maximum Gasteiger partial charge on any atom is 0.235 e. The molecule has 0 radical (unpaired) electrons. The van der Waals surface area contributed by atoms with Gasteiger partial charge in [-0.1, -0.05) is 0 Å². The highest BCUT2D eigenvalue weighted by molar-refractivity contribution is 5.96. The van der Waals surface area contributed by atoms with Crippen LogP contribution in [0.25, 0.3) is 11.4 Å². The highest BCUT2D eigenvalue weighted by Crippen LogP contribution is 2.44. The smallest absolute Gasteiger partial charge is 0.235 e. The zero-order valence-electron chi connectivity index (χ0n) is 14.9. The summed E-state index contributed by atoms with van der Waals surface area (Å²) in [6.07, 6.45) is 7.45. The van der Waals surface area contributed by atoms with Crippen molar-refractivity contribution < 1.29 is 4.79 Å². The molecule has 2 bridgehead atoms. The maximum absolute atomic E-state index is 13.1. The van der Waals surface area contributed by atoms with Crippen LogP contribution in [0.2, 0.25) is 0 Å². The molecule has 0 aromatic carbocycles. The van der Waals surface area contributed by atoms with E-state index in [2.05, 4.69) is 31.3 Å². The Labute approximate surface area is 156 Å². The Bertz CT molecular complexity index is 1000. The number of fused-ring (bicyclic) bond motifs is 4. The van der Waals surface area contributed by atoms with Crippen LogP contribution in [0.5, 0.6) is 0 Å². The zero-order valence-corrected chi connectivity index (χ0v) is 14.9. The number of hydrogen-bond acceptors (Lipinski definition) is 6. The number of hydrogen-bond donors (Lipinski definition) is 1. The Balaban J connectivity index is 1.55. The van der Waals surface area contributed by atoms with E-state index in [0.29, 0.717) is 5.82 Å². The van der Waals surface area contributed by atoms with Crippen LogP contribution < -0.4 is 10.2 Å². The summed E-state index contributed by atoms with van der Waals surface area (Å²) in [5.74, 6) is 0.350. The van der Waals surface area contributed by atoms with Gasteiger partial charge in [0.15, 0.2) is 5.82 Å². The number of carbonyl (C=O) groups is 1. The van der Waals surface area contributed by atoms with Crippen molar-refractivity contribution in [3.63, 3.8) is 0 Å². The van der Waals surface area contributed by atoms with Gasteiger partial charge in [0.1, 0.15) is 0 Å². The molecule has 1 amide bonds. The van der Waals surface area contributed by atoms with Crippen LogP contribution in [-0.2, 0) is 11.8 Å². The number of aromatic nitrogens is 5. The quantitative estimate of drug-likeness (QED) is 0.766. The molecule has 2 aliphatic rings. The molecule has 3 aromatic heterocycles. The van der Waals surface area contributed by atoms with Gasteiger partial charge in [0.05, 0.1) is 34.9 Å². The Morgan fingerprint density at radius 1 is 1.22 bits per heavy atom. The van der Waals surface area contributed by atoms with Gasteiger partial charge in [-0.25, -0.2) is 9.97 Å². The Morgan fingerprint density at radius 3 is 2.93 bits per heavy atom. The first-order valence-corrected chi connectivity index (χ1v) is 9.02. The third kappa shape index (κ3) is 2.64. The fraction of sp³-hybridized carbons (Fsp3) is 0.316. The van der Waals surface area contributed by atoms with Crippen LogP contribution >= 0.6 is 0 Å². The predicted octanol–water partition coefficient (Wildman–Crippen LogP) is 1.83. The van der Waals surface area contributed by atoms with Crippen molar-refractivity contribution >= 4 is 17.4 Å². The number of nitrogens with one attached hydrogen (secondary N) is 1. The van der Waals surface area contributed by atoms with Gasteiger partial charge in [0.25, 0.3) is 0 Å². The molecule has 3 aromatic rings. The van der Waals surface area contributed by atoms with Crippen LogP contribution in [0.1, 0.15) is 18.0 Å². The molecule has 8 nitrogen and oxygen atoms in total. The van der Waals surface area contributed by atoms with Crippen molar-refractivity contribution in [1.82, 2.24) is 24.7 Å². The van der Waals surface area contributed by atoms with Gasteiger partial charge in [-0.15, -0.1) is 0 Å². The minimum absolute atomic E-state index is 0.0713. The number of carbonyl (C=O) groups excluding carboxylic acids is 1. The fourth-order valence-electron chi connectivity index (χ4n) is 4.14. The molecule has 2 atom stereocenters. The first-order valence-electron chi connectivity index (χ1n) is 9.02. The van der Waals surface area contributed by atoms with E-state index >= 15 is 0 Å². The SMILES string of the molecule is Cn1nccc1-c1ccc2c(n1)C(C(=O)Nc1cnccn1)[C@H]1CCN2C1. The Kier molecular flexibility index (Phi) is 3.63. The fourth-order valence-corrected chi connectivity index (χ4v) is 4.14. The lowest BCUT2D eigenvalue weighted by Gasteiger charge is -2.32. The number of aryl methyl sites for hydroxylation is 1. The van der Waals surface area contributed by atoms with E-state index < -0.39 is 0 Å². The molecule has 0 spiro atoms. The molecule has 5 heterocycles. The predicted molar refractivity (Wildman–Crippen MR) is 100 cm³/mol. The van der Waals surface area contributed by atoms with Crippen molar-refractivity contribution in [2.24, 2.45) is 13.0 Å². The monoisotopic (exact) mass is 361 g/mol. The molecule has 1 fully saturated rings. The van der Waals surface area contributed by atoms with E-state index in [1.807, 2.05) is 19.2 Å². The summed E-state index contributed by atoms with van der Waals surface area (Å²) in [4.78, 5) is 28.5. The average molecular weight is 361 g/mol. The highest BCUT2D eigenvalue weighted by Gasteiger charge is 2.43. The normalized spacial score (nSPS) is 20.4. The second-order valence-corrected chi connectivity index (χ2v) is 6.99. The van der Waals surface area contributed by atoms with Crippen LogP contribution in [0.15, 0.2) is 43.0 Å². The Morgan fingerprint density at radius 2 is 2.15 bits per heavy atom. The summed E-state index contributed by atoms with van der Waals surface area (Å²) >= 11 is 0. The molecule has 0 aliphatic carbocycles. The summed E-state index contributed by atoms with van der Waals surface area (Å²) < 4.78 is 1.79. The average Bonchev–Trinajstić information content (AvgIpc) is 3.29. The largest absolute Gasteiger partial charge is 0.370 e. The number of pyridine rings is 1. The van der Waals surface area contributed by atoms with Crippen molar-refractivity contribution in [3.8, 4) is 11.4 Å². The summed E-state index contributed by atoms with van der Waals surface area (Å²) in [6.45, 7) is 1.84. The number of amides is 1. The molecular formula is C19H19N7O. The standard InChI is InChI=1S/C19H19N7O/c1-25-14(4-6-22-25)13-2-3-15-18(23-13)17(12-5-9-26(15)11-12)19(27)24-16-10-20-7-8-21-16/h2-4,6-8,10,12,17H,5,9,11H2,1H3,(H,21,24,27)/t12-,17?/m0/s1. The van der Waals surface area contributed by atoms with E-state index in [0.717, 1.165) is 42.3 Å². The molecule has 5 rings (SSSR count). The molecule has 2 aliphatic heterocycles. The van der Waals surface area contributed by atoms with Crippen LogP contribution in [-0.4, -0.2) is 43.7 Å². The summed E-state index contributed by atoms with van der Waals surface area (Å²) in [7, 11) is 1.89. The van der Waals surface area contributed by atoms with E-state index in [-0.39, 0.29) is 17.7 Å². The molecule has 136 valence electrons. The van der Waals surface area contributed by atoms with Crippen molar-refractivity contribution in [1.29, 1.82) is 0 Å². The summed E-state index contributed by atoms with van der Waals surface area (Å²) in [5.41, 5.74) is 3.64. The van der Waals surface area contributed by atoms with Gasteiger partial charge in [-0.3, -0.25) is 14.5 Å². The second kappa shape index (κ2) is 6.15. The van der Waals surface area contributed by atoms with E-state index in [4.69, 9.17) is 4.98 Å². The first-order chi connectivity index (χ1) is 13.2. The van der Waals surface area contributed by atoms with Crippen molar-refractivity contribution in [2.75, 3.05) is 23.3 Å². The summed E-state index contributed by atoms with van der Waals surface area (Å²) in [5, 5.41) is 7.14. The topological polar surface area (TPSA) is 88.8 Å². The van der Waals surface area contributed by atoms with Crippen molar-refractivity contribution in [3.05, 3.63) is 48.7 Å². The molecule has 8 heteroatoms. The van der Waals surface area contributed by atoms with Gasteiger partial charge in [-0.2, -0.15) is 5.10 Å². The first kappa shape index (κ1) is 15.9. The molecule has 27 heavy (non-hydrogen) atoms. The van der Waals surface area contributed by atoms with Gasteiger partial charge in [0.2, 0.25) is 5.91 Å². The third-order valence-corrected chi connectivity index (χ3v) is 5.41. The Hall–Kier alpha value is -3.29. The van der Waals surface area contributed by atoms with E-state index in [1.165, 1.54) is 0 Å². The molecule has 0 saturated carbocycles. The third-order valence-electron chi connectivity index (χ3n) is 5.41. The maximum atomic E-state index is 13.1. The molecule has 1 unspecified atom stereocenters. The molecular weight excluding hydrogens is 342 g/mol. The minimum atomic E-state index is -0.297. The molecule has 1 saturated heterocycles. The van der Waals surface area contributed by atoms with Crippen molar-refractivity contribution in [2.45, 2.75) is 12.3 Å². The number of anilines is 2. The zero-order chi connectivity index (χ0) is 18.4. The highest BCUT2D eigenvalue weighted by atomic mass is 16.2. The van der Waals surface area contributed by atoms with Gasteiger partial charge in [0, 0.05) is 38.7 Å². The van der Waals surface area contributed by atoms with E-state index in [1.54, 1.807) is 29.5 Å². The minimum Gasteiger partial charge on any atom is -0.370 e. The van der Waals surface area contributed by atoms with Gasteiger partial charge < -0.3 is 10.2 Å².